The molecule has 3 heteroatoms. The van der Waals surface area contributed by atoms with Gasteiger partial charge in [-0.25, -0.2) is 0 Å². The van der Waals surface area contributed by atoms with Gasteiger partial charge in [0.25, 0.3) is 0 Å². The van der Waals surface area contributed by atoms with Gasteiger partial charge in [-0.05, 0) is 31.0 Å². The summed E-state index contributed by atoms with van der Waals surface area (Å²) in [6.45, 7) is 6.03. The second-order valence-corrected chi connectivity index (χ2v) is 4.89. The number of hydrogen-bond acceptors (Lipinski definition) is 2. The minimum Gasteiger partial charge on any atom is -0.492 e. The maximum atomic E-state index is 6.16. The molecule has 0 atom stereocenters. The summed E-state index contributed by atoms with van der Waals surface area (Å²) in [7, 11) is 0. The fourth-order valence-electron chi connectivity index (χ4n) is 1.72. The highest BCUT2D eigenvalue weighted by Crippen LogP contribution is 2.27. The van der Waals surface area contributed by atoms with Crippen molar-refractivity contribution in [1.29, 1.82) is 0 Å². The van der Waals surface area contributed by atoms with Gasteiger partial charge in [0.15, 0.2) is 0 Å². The molecule has 0 aromatic heterocycles. The Balaban J connectivity index is 2.36. The van der Waals surface area contributed by atoms with Crippen LogP contribution in [-0.2, 0) is 0 Å². The molecule has 1 rings (SSSR count). The van der Waals surface area contributed by atoms with Crippen LogP contribution in [0.5, 0.6) is 5.75 Å². The Kier molecular flexibility index (Phi) is 7.66. The molecule has 0 saturated carbocycles. The van der Waals surface area contributed by atoms with Gasteiger partial charge in [-0.15, -0.1) is 0 Å². The standard InChI is InChI=1S/C15H24ClNO/c1-3-5-6-7-10-17-13-8-9-15(14(16)12-13)18-11-4-2/h8-9,12,17H,3-7,10-11H2,1-2H3. The minimum atomic E-state index is 0.682. The normalized spacial score (nSPS) is 10.4. The van der Waals surface area contributed by atoms with Gasteiger partial charge in [0.1, 0.15) is 5.75 Å². The van der Waals surface area contributed by atoms with E-state index in [1.807, 2.05) is 18.2 Å². The molecule has 1 N–H and O–H groups in total. The van der Waals surface area contributed by atoms with E-state index in [2.05, 4.69) is 19.2 Å². The van der Waals surface area contributed by atoms with E-state index in [-0.39, 0.29) is 0 Å². The number of anilines is 1. The summed E-state index contributed by atoms with van der Waals surface area (Å²) < 4.78 is 5.54. The van der Waals surface area contributed by atoms with Crippen molar-refractivity contribution in [3.05, 3.63) is 23.2 Å². The molecule has 1 aromatic rings. The van der Waals surface area contributed by atoms with Gasteiger partial charge in [0, 0.05) is 12.2 Å². The molecule has 0 aliphatic carbocycles. The van der Waals surface area contributed by atoms with Gasteiger partial charge in [0.2, 0.25) is 0 Å². The van der Waals surface area contributed by atoms with E-state index in [1.165, 1.54) is 25.7 Å². The van der Waals surface area contributed by atoms with Crippen LogP contribution in [0.1, 0.15) is 46.0 Å². The van der Waals surface area contributed by atoms with E-state index >= 15 is 0 Å². The van der Waals surface area contributed by atoms with E-state index in [4.69, 9.17) is 16.3 Å². The van der Waals surface area contributed by atoms with E-state index in [9.17, 15) is 0 Å². The minimum absolute atomic E-state index is 0.682. The summed E-state index contributed by atoms with van der Waals surface area (Å²) in [6, 6.07) is 5.90. The quantitative estimate of drug-likeness (QED) is 0.628. The Labute approximate surface area is 116 Å². The lowest BCUT2D eigenvalue weighted by Crippen LogP contribution is -2.02. The lowest BCUT2D eigenvalue weighted by Gasteiger charge is -2.10. The van der Waals surface area contributed by atoms with Crippen LogP contribution in [-0.4, -0.2) is 13.2 Å². The zero-order chi connectivity index (χ0) is 13.2. The Morgan fingerprint density at radius 3 is 2.61 bits per heavy atom. The number of rotatable bonds is 9. The molecule has 102 valence electrons. The number of hydrogen-bond donors (Lipinski definition) is 1. The molecule has 0 spiro atoms. The SMILES string of the molecule is CCCCCCNc1ccc(OCCC)c(Cl)c1. The highest BCUT2D eigenvalue weighted by Gasteiger charge is 2.02. The van der Waals surface area contributed by atoms with E-state index in [1.54, 1.807) is 0 Å². The summed E-state index contributed by atoms with van der Waals surface area (Å²) in [5.41, 5.74) is 1.07. The van der Waals surface area contributed by atoms with Crippen LogP contribution >= 0.6 is 11.6 Å². The average Bonchev–Trinajstić information content (AvgIpc) is 2.37. The highest BCUT2D eigenvalue weighted by atomic mass is 35.5. The first-order valence-corrected chi connectivity index (χ1v) is 7.32. The van der Waals surface area contributed by atoms with Gasteiger partial charge in [0.05, 0.1) is 11.6 Å². The summed E-state index contributed by atoms with van der Waals surface area (Å²) >= 11 is 6.16. The van der Waals surface area contributed by atoms with Gasteiger partial charge < -0.3 is 10.1 Å². The monoisotopic (exact) mass is 269 g/mol. The first-order valence-electron chi connectivity index (χ1n) is 6.94. The number of unbranched alkanes of at least 4 members (excludes halogenated alkanes) is 3. The summed E-state index contributed by atoms with van der Waals surface area (Å²) in [5, 5.41) is 4.07. The Bertz CT molecular complexity index is 341. The maximum Gasteiger partial charge on any atom is 0.138 e. The lowest BCUT2D eigenvalue weighted by atomic mass is 10.2. The van der Waals surface area contributed by atoms with Crippen molar-refractivity contribution in [2.75, 3.05) is 18.5 Å². The number of nitrogens with one attached hydrogen (secondary N) is 1. The van der Waals surface area contributed by atoms with Crippen LogP contribution in [0.4, 0.5) is 5.69 Å². The molecule has 0 bridgehead atoms. The zero-order valence-electron chi connectivity index (χ0n) is 11.5. The van der Waals surface area contributed by atoms with Gasteiger partial charge in [-0.1, -0.05) is 44.7 Å². The molecule has 0 aliphatic rings. The lowest BCUT2D eigenvalue weighted by molar-refractivity contribution is 0.317. The van der Waals surface area contributed by atoms with Crippen LogP contribution in [0.2, 0.25) is 5.02 Å². The Morgan fingerprint density at radius 1 is 1.11 bits per heavy atom. The van der Waals surface area contributed by atoms with Crippen LogP contribution < -0.4 is 10.1 Å². The molecule has 0 fully saturated rings. The van der Waals surface area contributed by atoms with Crippen LogP contribution in [0.25, 0.3) is 0 Å². The van der Waals surface area contributed by atoms with E-state index in [0.717, 1.165) is 24.4 Å². The largest absolute Gasteiger partial charge is 0.492 e. The number of benzene rings is 1. The maximum absolute atomic E-state index is 6.16. The average molecular weight is 270 g/mol. The second kappa shape index (κ2) is 9.09. The van der Waals surface area contributed by atoms with Crippen molar-refractivity contribution in [2.24, 2.45) is 0 Å². The summed E-state index contributed by atoms with van der Waals surface area (Å²) in [5.74, 6) is 0.773. The van der Waals surface area contributed by atoms with Crippen molar-refractivity contribution >= 4 is 17.3 Å². The molecule has 0 saturated heterocycles. The third-order valence-corrected chi connectivity index (χ3v) is 3.05. The molecule has 2 nitrogen and oxygen atoms in total. The van der Waals surface area contributed by atoms with Crippen molar-refractivity contribution in [2.45, 2.75) is 46.0 Å². The first-order chi connectivity index (χ1) is 8.77. The summed E-state index contributed by atoms with van der Waals surface area (Å²) in [6.07, 6.45) is 6.07. The fourth-order valence-corrected chi connectivity index (χ4v) is 1.96. The Morgan fingerprint density at radius 2 is 1.94 bits per heavy atom. The zero-order valence-corrected chi connectivity index (χ0v) is 12.2. The molecule has 1 aromatic carbocycles. The highest BCUT2D eigenvalue weighted by molar-refractivity contribution is 6.32. The molecular weight excluding hydrogens is 246 g/mol. The third kappa shape index (κ3) is 5.63. The van der Waals surface area contributed by atoms with Crippen LogP contribution in [0.3, 0.4) is 0 Å². The molecule has 0 aliphatic heterocycles. The molecule has 0 unspecified atom stereocenters. The van der Waals surface area contributed by atoms with Gasteiger partial charge >= 0.3 is 0 Å². The topological polar surface area (TPSA) is 21.3 Å². The molecule has 18 heavy (non-hydrogen) atoms. The van der Waals surface area contributed by atoms with Crippen molar-refractivity contribution in [3.8, 4) is 5.75 Å². The molecular formula is C15H24ClNO. The van der Waals surface area contributed by atoms with Gasteiger partial charge in [-0.3, -0.25) is 0 Å². The van der Waals surface area contributed by atoms with E-state index in [0.29, 0.717) is 11.6 Å². The number of halogens is 1. The first kappa shape index (κ1) is 15.2. The van der Waals surface area contributed by atoms with E-state index < -0.39 is 0 Å². The second-order valence-electron chi connectivity index (χ2n) is 4.48. The van der Waals surface area contributed by atoms with Crippen molar-refractivity contribution in [3.63, 3.8) is 0 Å². The van der Waals surface area contributed by atoms with Crippen molar-refractivity contribution < 1.29 is 4.74 Å². The predicted octanol–water partition coefficient (Wildman–Crippen LogP) is 5.12. The third-order valence-electron chi connectivity index (χ3n) is 2.75. The summed E-state index contributed by atoms with van der Waals surface area (Å²) in [4.78, 5) is 0. The predicted molar refractivity (Wildman–Crippen MR) is 79.9 cm³/mol. The fraction of sp³-hybridized carbons (Fsp3) is 0.600. The van der Waals surface area contributed by atoms with Gasteiger partial charge in [-0.2, -0.15) is 0 Å². The molecule has 0 amide bonds. The van der Waals surface area contributed by atoms with Crippen molar-refractivity contribution in [1.82, 2.24) is 0 Å². The Hall–Kier alpha value is -0.890. The van der Waals surface area contributed by atoms with Crippen LogP contribution in [0, 0.1) is 0 Å². The molecule has 0 radical (unpaired) electrons. The number of ether oxygens (including phenoxy) is 1. The van der Waals surface area contributed by atoms with Crippen LogP contribution in [0.15, 0.2) is 18.2 Å². The molecule has 0 heterocycles. The smallest absolute Gasteiger partial charge is 0.138 e.